The van der Waals surface area contributed by atoms with E-state index in [4.69, 9.17) is 9.47 Å². The second-order valence-corrected chi connectivity index (χ2v) is 8.67. The van der Waals surface area contributed by atoms with Crippen molar-refractivity contribution in [2.24, 2.45) is 4.99 Å². The molecule has 0 saturated carbocycles. The lowest BCUT2D eigenvalue weighted by Crippen LogP contribution is -2.38. The zero-order valence-corrected chi connectivity index (χ0v) is 21.6. The van der Waals surface area contributed by atoms with Crippen LogP contribution in [0.15, 0.2) is 23.2 Å². The van der Waals surface area contributed by atoms with Crippen molar-refractivity contribution >= 4 is 40.0 Å². The van der Waals surface area contributed by atoms with Crippen LogP contribution in [0.25, 0.3) is 0 Å². The van der Waals surface area contributed by atoms with Gasteiger partial charge in [0, 0.05) is 45.3 Å². The number of halogens is 1. The molecule has 0 aliphatic heterocycles. The quantitative estimate of drug-likeness (QED) is 0.141. The van der Waals surface area contributed by atoms with Gasteiger partial charge in [-0.15, -0.1) is 24.0 Å². The molecule has 0 bridgehead atoms. The predicted octanol–water partition coefficient (Wildman–Crippen LogP) is 2.41. The lowest BCUT2D eigenvalue weighted by molar-refractivity contribution is 0.172. The summed E-state index contributed by atoms with van der Waals surface area (Å²) in [6, 6.07) is 6.11. The molecule has 0 heterocycles. The van der Waals surface area contributed by atoms with Crippen LogP contribution in [0.2, 0.25) is 0 Å². The van der Waals surface area contributed by atoms with Gasteiger partial charge < -0.3 is 20.1 Å². The molecule has 3 N–H and O–H groups in total. The minimum absolute atomic E-state index is 0. The topological polar surface area (TPSA) is 101 Å². The average Bonchev–Trinajstić information content (AvgIpc) is 2.70. The van der Waals surface area contributed by atoms with Crippen molar-refractivity contribution in [3.05, 3.63) is 29.3 Å². The molecule has 1 aromatic rings. The van der Waals surface area contributed by atoms with Crippen molar-refractivity contribution in [2.75, 3.05) is 45.7 Å². The van der Waals surface area contributed by atoms with E-state index in [1.54, 1.807) is 14.0 Å². The number of aryl methyl sites for hydroxylation is 1. The number of rotatable bonds is 14. The largest absolute Gasteiger partial charge is 0.493 e. The number of hydrogen-bond donors (Lipinski definition) is 3. The van der Waals surface area contributed by atoms with Crippen LogP contribution in [-0.4, -0.2) is 60.1 Å². The van der Waals surface area contributed by atoms with E-state index in [1.807, 2.05) is 32.0 Å². The van der Waals surface area contributed by atoms with E-state index >= 15 is 0 Å². The van der Waals surface area contributed by atoms with Crippen LogP contribution in [0.3, 0.4) is 0 Å². The molecule has 1 aromatic carbocycles. The van der Waals surface area contributed by atoms with Gasteiger partial charge in [-0.25, -0.2) is 18.1 Å². The van der Waals surface area contributed by atoms with Crippen molar-refractivity contribution < 1.29 is 17.9 Å². The Kier molecular flexibility index (Phi) is 16.0. The van der Waals surface area contributed by atoms with Gasteiger partial charge in [-0.2, -0.15) is 0 Å². The fourth-order valence-corrected chi connectivity index (χ4v) is 3.10. The van der Waals surface area contributed by atoms with Gasteiger partial charge in [0.15, 0.2) is 5.96 Å². The Morgan fingerprint density at radius 3 is 2.53 bits per heavy atom. The third kappa shape index (κ3) is 12.6. The molecule has 0 aliphatic rings. The molecule has 0 radical (unpaired) electrons. The van der Waals surface area contributed by atoms with Crippen LogP contribution in [0.1, 0.15) is 37.8 Å². The molecule has 0 unspecified atom stereocenters. The summed E-state index contributed by atoms with van der Waals surface area (Å²) in [4.78, 5) is 4.63. The Morgan fingerprint density at radius 1 is 1.10 bits per heavy atom. The molecule has 0 amide bonds. The number of nitrogens with zero attached hydrogens (tertiary/aromatic N) is 1. The van der Waals surface area contributed by atoms with Crippen molar-refractivity contribution in [1.29, 1.82) is 0 Å². The second-order valence-electron chi connectivity index (χ2n) is 6.58. The summed E-state index contributed by atoms with van der Waals surface area (Å²) < 4.78 is 36.4. The highest BCUT2D eigenvalue weighted by Crippen LogP contribution is 2.21. The van der Waals surface area contributed by atoms with Crippen LogP contribution in [0.5, 0.6) is 5.75 Å². The summed E-state index contributed by atoms with van der Waals surface area (Å²) in [6.07, 6.45) is 1.50. The number of benzene rings is 1. The zero-order chi connectivity index (χ0) is 21.5. The minimum atomic E-state index is -3.14. The molecule has 174 valence electrons. The second kappa shape index (κ2) is 16.6. The molecule has 0 saturated heterocycles. The lowest BCUT2D eigenvalue weighted by Gasteiger charge is -2.14. The van der Waals surface area contributed by atoms with Gasteiger partial charge in [0.2, 0.25) is 10.0 Å². The Bertz CT molecular complexity index is 730. The molecule has 0 aromatic heterocycles. The van der Waals surface area contributed by atoms with Crippen LogP contribution in [0, 0.1) is 6.92 Å². The summed E-state index contributed by atoms with van der Waals surface area (Å²) in [5.74, 6) is 1.63. The Morgan fingerprint density at radius 2 is 1.87 bits per heavy atom. The molecule has 0 spiro atoms. The first-order valence-corrected chi connectivity index (χ1v) is 11.8. The normalized spacial score (nSPS) is 11.7. The highest BCUT2D eigenvalue weighted by molar-refractivity contribution is 14.0. The molecule has 0 fully saturated rings. The highest BCUT2D eigenvalue weighted by atomic mass is 127. The fraction of sp³-hybridized carbons (Fsp3) is 0.650. The summed E-state index contributed by atoms with van der Waals surface area (Å²) >= 11 is 0. The van der Waals surface area contributed by atoms with Crippen molar-refractivity contribution in [1.82, 2.24) is 15.4 Å². The minimum Gasteiger partial charge on any atom is -0.493 e. The Labute approximate surface area is 198 Å². The maximum absolute atomic E-state index is 11.4. The Hall–Kier alpha value is -1.11. The first kappa shape index (κ1) is 28.9. The zero-order valence-electron chi connectivity index (χ0n) is 18.5. The van der Waals surface area contributed by atoms with E-state index in [0.717, 1.165) is 29.8 Å². The van der Waals surface area contributed by atoms with E-state index < -0.39 is 10.0 Å². The van der Waals surface area contributed by atoms with E-state index in [2.05, 4.69) is 20.3 Å². The summed E-state index contributed by atoms with van der Waals surface area (Å²) in [6.45, 7) is 9.17. The van der Waals surface area contributed by atoms with E-state index in [1.165, 1.54) is 0 Å². The molecular weight excluding hydrogens is 519 g/mol. The number of aliphatic imine (C=N–C) groups is 1. The van der Waals surface area contributed by atoms with Gasteiger partial charge in [-0.05, 0) is 38.8 Å². The highest BCUT2D eigenvalue weighted by Gasteiger charge is 2.06. The summed E-state index contributed by atoms with van der Waals surface area (Å²) in [5, 5.41) is 6.44. The lowest BCUT2D eigenvalue weighted by atomic mass is 10.1. The van der Waals surface area contributed by atoms with Crippen LogP contribution in [-0.2, 0) is 21.3 Å². The monoisotopic (exact) mass is 556 g/mol. The van der Waals surface area contributed by atoms with E-state index in [-0.39, 0.29) is 29.7 Å². The first-order chi connectivity index (χ1) is 13.9. The van der Waals surface area contributed by atoms with Gasteiger partial charge in [-0.1, -0.05) is 12.1 Å². The van der Waals surface area contributed by atoms with Gasteiger partial charge in [0.1, 0.15) is 5.75 Å². The average molecular weight is 557 g/mol. The van der Waals surface area contributed by atoms with E-state index in [9.17, 15) is 8.42 Å². The number of guanidine groups is 1. The molecule has 0 aliphatic carbocycles. The van der Waals surface area contributed by atoms with Crippen LogP contribution >= 0.6 is 24.0 Å². The number of sulfonamides is 1. The fourth-order valence-electron chi connectivity index (χ4n) is 2.44. The molecule has 10 heteroatoms. The molecule has 0 atom stereocenters. The first-order valence-electron chi connectivity index (χ1n) is 10.1. The van der Waals surface area contributed by atoms with Crippen LogP contribution < -0.4 is 20.1 Å². The molecule has 30 heavy (non-hydrogen) atoms. The van der Waals surface area contributed by atoms with Gasteiger partial charge in [0.05, 0.1) is 18.9 Å². The SMILES string of the molecule is CCNC(=NCc1ccc(C)cc1OCCCOC)NCCCNS(=O)(=O)CC.I. The van der Waals surface area contributed by atoms with Crippen molar-refractivity contribution in [2.45, 2.75) is 40.2 Å². The Balaban J connectivity index is 0.00000841. The number of methoxy groups -OCH3 is 1. The number of nitrogens with one attached hydrogen (secondary N) is 3. The standard InChI is InChI=1S/C20H36N4O4S.HI/c1-5-21-20(22-11-7-12-24-29(25,26)6-2)23-16-18-10-9-17(3)15-19(18)28-14-8-13-27-4;/h9-10,15,24H,5-8,11-14,16H2,1-4H3,(H2,21,22,23);1H. The summed E-state index contributed by atoms with van der Waals surface area (Å²) in [5.41, 5.74) is 2.15. The predicted molar refractivity (Wildman–Crippen MR) is 133 cm³/mol. The van der Waals surface area contributed by atoms with Crippen molar-refractivity contribution in [3.63, 3.8) is 0 Å². The maximum atomic E-state index is 11.4. The summed E-state index contributed by atoms with van der Waals surface area (Å²) in [7, 11) is -1.46. The van der Waals surface area contributed by atoms with E-state index in [0.29, 0.717) is 45.2 Å². The van der Waals surface area contributed by atoms with Gasteiger partial charge >= 0.3 is 0 Å². The smallest absolute Gasteiger partial charge is 0.211 e. The maximum Gasteiger partial charge on any atom is 0.211 e. The number of ether oxygens (including phenoxy) is 2. The third-order valence-electron chi connectivity index (χ3n) is 4.07. The molecule has 1 rings (SSSR count). The molecule has 8 nitrogen and oxygen atoms in total. The third-order valence-corrected chi connectivity index (χ3v) is 5.48. The number of hydrogen-bond acceptors (Lipinski definition) is 5. The van der Waals surface area contributed by atoms with Crippen molar-refractivity contribution in [3.8, 4) is 5.75 Å². The molecular formula is C20H37IN4O4S. The van der Waals surface area contributed by atoms with Gasteiger partial charge in [0.25, 0.3) is 0 Å². The van der Waals surface area contributed by atoms with Gasteiger partial charge in [-0.3, -0.25) is 0 Å². The van der Waals surface area contributed by atoms with Crippen LogP contribution in [0.4, 0.5) is 0 Å².